The van der Waals surface area contributed by atoms with E-state index in [0.29, 0.717) is 5.57 Å². The van der Waals surface area contributed by atoms with E-state index in [4.69, 9.17) is 0 Å². The minimum atomic E-state index is -0.175. The van der Waals surface area contributed by atoms with E-state index in [2.05, 4.69) is 55.0 Å². The zero-order valence-electron chi connectivity index (χ0n) is 12.0. The van der Waals surface area contributed by atoms with Gasteiger partial charge >= 0.3 is 0 Å². The molecule has 0 aromatic carbocycles. The molecule has 0 saturated carbocycles. The maximum absolute atomic E-state index is 12.4. The molecule has 2 nitrogen and oxygen atoms in total. The minimum Gasteiger partial charge on any atom is -0.329 e. The molecule has 0 rings (SSSR count). The molecule has 1 amide bonds. The molecule has 0 bridgehead atoms. The van der Waals surface area contributed by atoms with Crippen LogP contribution >= 0.6 is 0 Å². The fourth-order valence-electron chi connectivity index (χ4n) is 2.18. The van der Waals surface area contributed by atoms with Gasteiger partial charge in [0.1, 0.15) is 0 Å². The number of hydrogen-bond donors (Lipinski definition) is 0. The van der Waals surface area contributed by atoms with Crippen LogP contribution in [-0.2, 0) is 4.79 Å². The van der Waals surface area contributed by atoms with E-state index in [0.717, 1.165) is 12.8 Å². The number of amides is 1. The zero-order chi connectivity index (χ0) is 13.1. The number of nitrogens with zero attached hydrogens (tertiary/aromatic N) is 1. The van der Waals surface area contributed by atoms with Gasteiger partial charge in [0.25, 0.3) is 0 Å². The fourth-order valence-corrected chi connectivity index (χ4v) is 2.18. The molecule has 0 saturated heterocycles. The number of carbonyl (C=O) groups is 1. The van der Waals surface area contributed by atoms with E-state index >= 15 is 0 Å². The lowest BCUT2D eigenvalue weighted by molar-refractivity contribution is -0.138. The molecule has 94 valence electrons. The summed E-state index contributed by atoms with van der Waals surface area (Å²) in [6.45, 7) is 18.4. The lowest BCUT2D eigenvalue weighted by atomic mass is 9.94. The summed E-state index contributed by atoms with van der Waals surface area (Å²) in [4.78, 5) is 14.3. The van der Waals surface area contributed by atoms with Crippen LogP contribution in [0.2, 0.25) is 0 Å². The maximum atomic E-state index is 12.4. The summed E-state index contributed by atoms with van der Waals surface area (Å²) in [7, 11) is 0. The van der Waals surface area contributed by atoms with Gasteiger partial charge in [-0.05, 0) is 48.0 Å². The van der Waals surface area contributed by atoms with Gasteiger partial charge in [0.15, 0.2) is 0 Å². The molecule has 0 N–H and O–H groups in total. The summed E-state index contributed by atoms with van der Waals surface area (Å²) >= 11 is 0. The highest BCUT2D eigenvalue weighted by molar-refractivity contribution is 5.93. The molecule has 0 atom stereocenters. The Kier molecular flexibility index (Phi) is 4.78. The molecule has 0 aliphatic heterocycles. The van der Waals surface area contributed by atoms with Crippen molar-refractivity contribution in [3.63, 3.8) is 0 Å². The van der Waals surface area contributed by atoms with Crippen molar-refractivity contribution in [2.75, 3.05) is 0 Å². The van der Waals surface area contributed by atoms with Crippen LogP contribution in [0.3, 0.4) is 0 Å². The van der Waals surface area contributed by atoms with Crippen molar-refractivity contribution >= 4 is 5.91 Å². The molecule has 0 aliphatic rings. The second kappa shape index (κ2) is 5.03. The van der Waals surface area contributed by atoms with Gasteiger partial charge in [-0.1, -0.05) is 19.9 Å². The molecular formula is C14H27NO. The third kappa shape index (κ3) is 3.99. The first kappa shape index (κ1) is 15.2. The molecule has 16 heavy (non-hydrogen) atoms. The fraction of sp³-hybridized carbons (Fsp3) is 0.786. The van der Waals surface area contributed by atoms with Gasteiger partial charge < -0.3 is 4.90 Å². The molecule has 2 heteroatoms. The average Bonchev–Trinajstić information content (AvgIpc) is 1.98. The highest BCUT2D eigenvalue weighted by Crippen LogP contribution is 2.27. The first-order valence-electron chi connectivity index (χ1n) is 6.04. The molecule has 0 unspecified atom stereocenters. The Hall–Kier alpha value is -0.790. The van der Waals surface area contributed by atoms with Gasteiger partial charge in [0.05, 0.1) is 0 Å². The quantitative estimate of drug-likeness (QED) is 0.670. The van der Waals surface area contributed by atoms with E-state index in [9.17, 15) is 4.79 Å². The highest BCUT2D eigenvalue weighted by atomic mass is 16.2. The summed E-state index contributed by atoms with van der Waals surface area (Å²) in [5.74, 6) is 0.0850. The van der Waals surface area contributed by atoms with Crippen LogP contribution in [0.5, 0.6) is 0 Å². The zero-order valence-corrected chi connectivity index (χ0v) is 12.0. The first-order chi connectivity index (χ1) is 7.01. The number of rotatable bonds is 3. The van der Waals surface area contributed by atoms with Gasteiger partial charge in [-0.25, -0.2) is 0 Å². The Morgan fingerprint density at radius 3 is 1.69 bits per heavy atom. The monoisotopic (exact) mass is 225 g/mol. The second-order valence-electron chi connectivity index (χ2n) is 6.34. The molecule has 0 aliphatic carbocycles. The number of hydrogen-bond acceptors (Lipinski definition) is 1. The largest absolute Gasteiger partial charge is 0.329 e. The van der Waals surface area contributed by atoms with E-state index in [1.165, 1.54) is 0 Å². The Balaban J connectivity index is 5.09. The van der Waals surface area contributed by atoms with Crippen LogP contribution in [0.4, 0.5) is 0 Å². The molecule has 0 heterocycles. The summed E-state index contributed by atoms with van der Waals surface area (Å²) in [5, 5.41) is 0. The molecule has 0 radical (unpaired) electrons. The average molecular weight is 225 g/mol. The normalized spacial score (nSPS) is 12.4. The predicted molar refractivity (Wildman–Crippen MR) is 70.4 cm³/mol. The van der Waals surface area contributed by atoms with Crippen molar-refractivity contribution in [1.82, 2.24) is 4.90 Å². The van der Waals surface area contributed by atoms with Crippen molar-refractivity contribution in [1.29, 1.82) is 0 Å². The Bertz CT molecular complexity index is 251. The molecule has 0 fully saturated rings. The minimum absolute atomic E-state index is 0.0850. The molecule has 0 spiro atoms. The van der Waals surface area contributed by atoms with Crippen LogP contribution in [0.15, 0.2) is 12.2 Å². The standard InChI is InChI=1S/C14H27NO/c1-9-10-11(2)12(16)15(13(3,4)5)14(6,7)8/h2,9-10H2,1,3-8H3. The van der Waals surface area contributed by atoms with E-state index in [1.54, 1.807) is 0 Å². The van der Waals surface area contributed by atoms with E-state index in [1.807, 2.05) is 4.90 Å². The van der Waals surface area contributed by atoms with Crippen LogP contribution in [-0.4, -0.2) is 21.9 Å². The Morgan fingerprint density at radius 1 is 1.06 bits per heavy atom. The van der Waals surface area contributed by atoms with Crippen molar-refractivity contribution in [3.05, 3.63) is 12.2 Å². The SMILES string of the molecule is C=C(CCC)C(=O)N(C(C)(C)C)C(C)(C)C. The maximum Gasteiger partial charge on any atom is 0.250 e. The van der Waals surface area contributed by atoms with Crippen LogP contribution in [0.25, 0.3) is 0 Å². The summed E-state index contributed by atoms with van der Waals surface area (Å²) < 4.78 is 0. The third-order valence-electron chi connectivity index (χ3n) is 2.40. The van der Waals surface area contributed by atoms with Gasteiger partial charge in [0.2, 0.25) is 5.91 Å². The van der Waals surface area contributed by atoms with Gasteiger partial charge in [-0.15, -0.1) is 0 Å². The summed E-state index contributed by atoms with van der Waals surface area (Å²) in [5.41, 5.74) is 0.366. The molecule has 0 aromatic heterocycles. The van der Waals surface area contributed by atoms with Crippen molar-refractivity contribution in [2.24, 2.45) is 0 Å². The topological polar surface area (TPSA) is 20.3 Å². The molecular weight excluding hydrogens is 198 g/mol. The third-order valence-corrected chi connectivity index (χ3v) is 2.40. The summed E-state index contributed by atoms with van der Waals surface area (Å²) in [6.07, 6.45) is 1.74. The van der Waals surface area contributed by atoms with Crippen molar-refractivity contribution in [2.45, 2.75) is 72.4 Å². The van der Waals surface area contributed by atoms with Gasteiger partial charge in [-0.3, -0.25) is 4.79 Å². The Labute approximate surface area is 101 Å². The van der Waals surface area contributed by atoms with Crippen molar-refractivity contribution in [3.8, 4) is 0 Å². The lowest BCUT2D eigenvalue weighted by Gasteiger charge is -2.45. The number of carbonyl (C=O) groups excluding carboxylic acids is 1. The first-order valence-corrected chi connectivity index (χ1v) is 6.04. The van der Waals surface area contributed by atoms with Crippen LogP contribution in [0.1, 0.15) is 61.3 Å². The highest BCUT2D eigenvalue weighted by Gasteiger charge is 2.35. The van der Waals surface area contributed by atoms with Crippen LogP contribution in [0, 0.1) is 0 Å². The van der Waals surface area contributed by atoms with Gasteiger partial charge in [-0.2, -0.15) is 0 Å². The van der Waals surface area contributed by atoms with Crippen LogP contribution < -0.4 is 0 Å². The predicted octanol–water partition coefficient (Wildman–Crippen LogP) is 3.77. The lowest BCUT2D eigenvalue weighted by Crippen LogP contribution is -2.56. The molecule has 0 aromatic rings. The van der Waals surface area contributed by atoms with Gasteiger partial charge in [0, 0.05) is 16.7 Å². The van der Waals surface area contributed by atoms with E-state index < -0.39 is 0 Å². The van der Waals surface area contributed by atoms with Crippen molar-refractivity contribution < 1.29 is 4.79 Å². The Morgan fingerprint density at radius 2 is 1.44 bits per heavy atom. The summed E-state index contributed by atoms with van der Waals surface area (Å²) in [6, 6.07) is 0. The van der Waals surface area contributed by atoms with E-state index in [-0.39, 0.29) is 17.0 Å². The smallest absolute Gasteiger partial charge is 0.250 e. The second-order valence-corrected chi connectivity index (χ2v) is 6.34.